The molecule has 0 saturated carbocycles. The fourth-order valence-corrected chi connectivity index (χ4v) is 3.16. The summed E-state index contributed by atoms with van der Waals surface area (Å²) in [6.45, 7) is 1.86. The Labute approximate surface area is 110 Å². The number of rotatable bonds is 3. The highest BCUT2D eigenvalue weighted by molar-refractivity contribution is 7.99. The highest BCUT2D eigenvalue weighted by Gasteiger charge is 2.32. The highest BCUT2D eigenvalue weighted by Crippen LogP contribution is 2.27. The third kappa shape index (κ3) is 3.03. The smallest absolute Gasteiger partial charge is 0.251 e. The molecule has 2 N–H and O–H groups in total. The zero-order chi connectivity index (χ0) is 13.2. The fraction of sp³-hybridized carbons (Fsp3) is 0.462. The van der Waals surface area contributed by atoms with Gasteiger partial charge in [-0.25, -0.2) is 4.39 Å². The van der Waals surface area contributed by atoms with E-state index in [0.717, 1.165) is 5.75 Å². The van der Waals surface area contributed by atoms with Gasteiger partial charge in [0.2, 0.25) is 0 Å². The standard InChI is InChI=1S/C13H16FNO2S/c1-9-6-10(2-3-11(9)14)12(16)15-7-13(17)4-5-18-8-13/h2-3,6,17H,4-5,7-8H2,1H3,(H,15,16). The molecule has 0 aliphatic carbocycles. The molecule has 1 aliphatic heterocycles. The van der Waals surface area contributed by atoms with Crippen molar-refractivity contribution in [3.63, 3.8) is 0 Å². The molecule has 0 radical (unpaired) electrons. The number of amides is 1. The molecule has 1 fully saturated rings. The predicted molar refractivity (Wildman–Crippen MR) is 70.4 cm³/mol. The normalized spacial score (nSPS) is 23.1. The molecular formula is C13H16FNO2S. The number of aryl methyl sites for hydroxylation is 1. The van der Waals surface area contributed by atoms with Crippen molar-refractivity contribution in [2.45, 2.75) is 18.9 Å². The Kier molecular flexibility index (Phi) is 3.92. The lowest BCUT2D eigenvalue weighted by Gasteiger charge is -2.21. The summed E-state index contributed by atoms with van der Waals surface area (Å²) in [4.78, 5) is 11.9. The van der Waals surface area contributed by atoms with Crippen molar-refractivity contribution in [1.82, 2.24) is 5.32 Å². The maximum atomic E-state index is 13.1. The fourth-order valence-electron chi connectivity index (χ4n) is 1.87. The van der Waals surface area contributed by atoms with E-state index in [-0.39, 0.29) is 18.3 Å². The van der Waals surface area contributed by atoms with Gasteiger partial charge in [0.1, 0.15) is 5.82 Å². The maximum absolute atomic E-state index is 13.1. The van der Waals surface area contributed by atoms with Crippen LogP contribution in [0.25, 0.3) is 0 Å². The largest absolute Gasteiger partial charge is 0.387 e. The molecule has 3 nitrogen and oxygen atoms in total. The van der Waals surface area contributed by atoms with Crippen LogP contribution in [0, 0.1) is 12.7 Å². The molecule has 1 amide bonds. The van der Waals surface area contributed by atoms with Crippen LogP contribution in [0.4, 0.5) is 4.39 Å². The first-order valence-corrected chi connectivity index (χ1v) is 7.00. The first kappa shape index (κ1) is 13.4. The third-order valence-corrected chi connectivity index (χ3v) is 4.31. The molecule has 1 aliphatic rings. The molecule has 1 heterocycles. The zero-order valence-corrected chi connectivity index (χ0v) is 11.0. The molecule has 1 unspecified atom stereocenters. The average molecular weight is 269 g/mol. The van der Waals surface area contributed by atoms with E-state index < -0.39 is 5.60 Å². The second-order valence-corrected chi connectivity index (χ2v) is 5.78. The van der Waals surface area contributed by atoms with Gasteiger partial charge in [-0.3, -0.25) is 4.79 Å². The van der Waals surface area contributed by atoms with Crippen LogP contribution >= 0.6 is 11.8 Å². The quantitative estimate of drug-likeness (QED) is 0.878. The van der Waals surface area contributed by atoms with Gasteiger partial charge in [0, 0.05) is 17.9 Å². The average Bonchev–Trinajstić information content (AvgIpc) is 2.77. The number of nitrogens with one attached hydrogen (secondary N) is 1. The number of carbonyl (C=O) groups excluding carboxylic acids is 1. The Bertz CT molecular complexity index is 458. The van der Waals surface area contributed by atoms with Crippen LogP contribution in [-0.4, -0.2) is 34.7 Å². The number of benzene rings is 1. The lowest BCUT2D eigenvalue weighted by Crippen LogP contribution is -2.42. The summed E-state index contributed by atoms with van der Waals surface area (Å²) in [5.41, 5.74) is 0.0657. The summed E-state index contributed by atoms with van der Waals surface area (Å²) in [7, 11) is 0. The van der Waals surface area contributed by atoms with Gasteiger partial charge in [0.15, 0.2) is 0 Å². The van der Waals surface area contributed by atoms with Gasteiger partial charge in [0.05, 0.1) is 5.60 Å². The highest BCUT2D eigenvalue weighted by atomic mass is 32.2. The van der Waals surface area contributed by atoms with Crippen molar-refractivity contribution in [3.8, 4) is 0 Å². The van der Waals surface area contributed by atoms with E-state index in [1.807, 2.05) is 0 Å². The molecule has 98 valence electrons. The van der Waals surface area contributed by atoms with Gasteiger partial charge in [-0.05, 0) is 42.9 Å². The zero-order valence-electron chi connectivity index (χ0n) is 10.2. The Morgan fingerprint density at radius 2 is 2.39 bits per heavy atom. The first-order chi connectivity index (χ1) is 8.50. The Balaban J connectivity index is 1.97. The summed E-state index contributed by atoms with van der Waals surface area (Å²) in [5, 5.41) is 12.8. The molecule has 0 spiro atoms. The molecule has 1 aromatic carbocycles. The van der Waals surface area contributed by atoms with E-state index in [1.165, 1.54) is 18.2 Å². The summed E-state index contributed by atoms with van der Waals surface area (Å²) >= 11 is 1.68. The number of aliphatic hydroxyl groups is 1. The minimum atomic E-state index is -0.796. The van der Waals surface area contributed by atoms with Gasteiger partial charge in [-0.15, -0.1) is 0 Å². The number of halogens is 1. The van der Waals surface area contributed by atoms with Crippen molar-refractivity contribution in [1.29, 1.82) is 0 Å². The van der Waals surface area contributed by atoms with Crippen LogP contribution in [0.1, 0.15) is 22.3 Å². The van der Waals surface area contributed by atoms with Crippen molar-refractivity contribution in [3.05, 3.63) is 35.1 Å². The van der Waals surface area contributed by atoms with Gasteiger partial charge in [-0.1, -0.05) is 0 Å². The third-order valence-electron chi connectivity index (χ3n) is 3.08. The lowest BCUT2D eigenvalue weighted by molar-refractivity contribution is 0.0612. The molecular weight excluding hydrogens is 253 g/mol. The molecule has 1 saturated heterocycles. The lowest BCUT2D eigenvalue weighted by atomic mass is 10.0. The minimum Gasteiger partial charge on any atom is -0.387 e. The van der Waals surface area contributed by atoms with Crippen molar-refractivity contribution >= 4 is 17.7 Å². The first-order valence-electron chi connectivity index (χ1n) is 5.85. The van der Waals surface area contributed by atoms with E-state index >= 15 is 0 Å². The summed E-state index contributed by atoms with van der Waals surface area (Å²) in [6, 6.07) is 4.24. The van der Waals surface area contributed by atoms with Crippen molar-refractivity contribution < 1.29 is 14.3 Å². The summed E-state index contributed by atoms with van der Waals surface area (Å²) < 4.78 is 13.1. The summed E-state index contributed by atoms with van der Waals surface area (Å²) in [5.74, 6) is 0.971. The van der Waals surface area contributed by atoms with Gasteiger partial charge >= 0.3 is 0 Å². The summed E-state index contributed by atoms with van der Waals surface area (Å²) in [6.07, 6.45) is 0.695. The van der Waals surface area contributed by atoms with E-state index in [9.17, 15) is 14.3 Å². The molecule has 1 aromatic rings. The Hall–Kier alpha value is -1.07. The molecule has 18 heavy (non-hydrogen) atoms. The number of hydrogen-bond donors (Lipinski definition) is 2. The molecule has 1 atom stereocenters. The second kappa shape index (κ2) is 5.28. The second-order valence-electron chi connectivity index (χ2n) is 4.67. The van der Waals surface area contributed by atoms with Crippen LogP contribution in [-0.2, 0) is 0 Å². The maximum Gasteiger partial charge on any atom is 0.251 e. The Morgan fingerprint density at radius 1 is 1.61 bits per heavy atom. The van der Waals surface area contributed by atoms with Crippen molar-refractivity contribution in [2.75, 3.05) is 18.1 Å². The van der Waals surface area contributed by atoms with Crippen LogP contribution in [0.5, 0.6) is 0 Å². The van der Waals surface area contributed by atoms with E-state index in [2.05, 4.69) is 5.32 Å². The van der Waals surface area contributed by atoms with Crippen LogP contribution in [0.3, 0.4) is 0 Å². The Morgan fingerprint density at radius 3 is 3.00 bits per heavy atom. The van der Waals surface area contributed by atoms with Crippen LogP contribution < -0.4 is 5.32 Å². The van der Waals surface area contributed by atoms with E-state index in [0.29, 0.717) is 23.3 Å². The van der Waals surface area contributed by atoms with E-state index in [1.54, 1.807) is 18.7 Å². The molecule has 5 heteroatoms. The van der Waals surface area contributed by atoms with Gasteiger partial charge < -0.3 is 10.4 Å². The predicted octanol–water partition coefficient (Wildman–Crippen LogP) is 1.73. The van der Waals surface area contributed by atoms with Crippen molar-refractivity contribution in [2.24, 2.45) is 0 Å². The SMILES string of the molecule is Cc1cc(C(=O)NCC2(O)CCSC2)ccc1F. The van der Waals surface area contributed by atoms with Crippen LogP contribution in [0.2, 0.25) is 0 Å². The topological polar surface area (TPSA) is 49.3 Å². The molecule has 2 rings (SSSR count). The monoisotopic (exact) mass is 269 g/mol. The number of carbonyl (C=O) groups is 1. The van der Waals surface area contributed by atoms with E-state index in [4.69, 9.17) is 0 Å². The van der Waals surface area contributed by atoms with Crippen LogP contribution in [0.15, 0.2) is 18.2 Å². The molecule has 0 aromatic heterocycles. The van der Waals surface area contributed by atoms with Gasteiger partial charge in [0.25, 0.3) is 5.91 Å². The van der Waals surface area contributed by atoms with Gasteiger partial charge in [-0.2, -0.15) is 11.8 Å². The minimum absolute atomic E-state index is 0.245. The number of hydrogen-bond acceptors (Lipinski definition) is 3. The number of thioether (sulfide) groups is 1. The molecule has 0 bridgehead atoms.